The first-order valence-electron chi connectivity index (χ1n) is 7.05. The molecule has 2 aromatic rings. The lowest BCUT2D eigenvalue weighted by Gasteiger charge is -2.36. The average molecular weight is 289 g/mol. The van der Waals surface area contributed by atoms with Crippen LogP contribution in [0.2, 0.25) is 0 Å². The van der Waals surface area contributed by atoms with E-state index in [1.807, 2.05) is 23.1 Å². The van der Waals surface area contributed by atoms with Gasteiger partial charge in [-0.3, -0.25) is 9.88 Å². The second-order valence-electron chi connectivity index (χ2n) is 5.16. The summed E-state index contributed by atoms with van der Waals surface area (Å²) in [5, 5.41) is 0. The fourth-order valence-corrected chi connectivity index (χ4v) is 2.60. The van der Waals surface area contributed by atoms with Gasteiger partial charge in [0.15, 0.2) is 11.6 Å². The van der Waals surface area contributed by atoms with Crippen molar-refractivity contribution in [3.8, 4) is 0 Å². The molecule has 3 nitrogen and oxygen atoms in total. The molecular formula is C16H17F2N3. The lowest BCUT2D eigenvalue weighted by Crippen LogP contribution is -2.46. The molecule has 0 saturated carbocycles. The zero-order valence-electron chi connectivity index (χ0n) is 11.7. The van der Waals surface area contributed by atoms with Gasteiger partial charge in [-0.2, -0.15) is 0 Å². The fraction of sp³-hybridized carbons (Fsp3) is 0.312. The van der Waals surface area contributed by atoms with Gasteiger partial charge in [-0.25, -0.2) is 8.78 Å². The minimum atomic E-state index is -0.789. The second-order valence-corrected chi connectivity index (χ2v) is 5.16. The van der Waals surface area contributed by atoms with Gasteiger partial charge in [0.2, 0.25) is 0 Å². The van der Waals surface area contributed by atoms with Crippen molar-refractivity contribution >= 4 is 5.69 Å². The summed E-state index contributed by atoms with van der Waals surface area (Å²) in [5.74, 6) is -1.54. The Hall–Kier alpha value is -2.01. The SMILES string of the molecule is Fc1cccc(N2CCN(Cc3ccccn3)CC2)c1F. The van der Waals surface area contributed by atoms with Gasteiger partial charge in [0.25, 0.3) is 0 Å². The number of hydrogen-bond acceptors (Lipinski definition) is 3. The molecular weight excluding hydrogens is 272 g/mol. The van der Waals surface area contributed by atoms with Crippen LogP contribution < -0.4 is 4.90 Å². The van der Waals surface area contributed by atoms with Crippen LogP contribution in [-0.4, -0.2) is 36.1 Å². The Bertz CT molecular complexity index is 596. The molecule has 110 valence electrons. The summed E-state index contributed by atoms with van der Waals surface area (Å²) < 4.78 is 27.1. The van der Waals surface area contributed by atoms with Crippen LogP contribution in [0.4, 0.5) is 14.5 Å². The molecule has 3 rings (SSSR count). The molecule has 0 spiro atoms. The molecule has 0 atom stereocenters. The Morgan fingerprint density at radius 2 is 1.76 bits per heavy atom. The van der Waals surface area contributed by atoms with Crippen molar-refractivity contribution in [3.63, 3.8) is 0 Å². The maximum atomic E-state index is 13.8. The maximum absolute atomic E-state index is 13.8. The fourth-order valence-electron chi connectivity index (χ4n) is 2.60. The van der Waals surface area contributed by atoms with Gasteiger partial charge in [-0.1, -0.05) is 12.1 Å². The first-order valence-corrected chi connectivity index (χ1v) is 7.05. The van der Waals surface area contributed by atoms with E-state index < -0.39 is 11.6 Å². The minimum absolute atomic E-state index is 0.354. The lowest BCUT2D eigenvalue weighted by atomic mass is 10.2. The number of nitrogens with zero attached hydrogens (tertiary/aromatic N) is 3. The molecule has 1 aromatic carbocycles. The first-order chi connectivity index (χ1) is 10.2. The third-order valence-electron chi connectivity index (χ3n) is 3.76. The highest BCUT2D eigenvalue weighted by atomic mass is 19.2. The van der Waals surface area contributed by atoms with Crippen LogP contribution in [0.3, 0.4) is 0 Å². The van der Waals surface area contributed by atoms with Crippen LogP contribution in [0.1, 0.15) is 5.69 Å². The van der Waals surface area contributed by atoms with Crippen LogP contribution >= 0.6 is 0 Å². The van der Waals surface area contributed by atoms with Crippen molar-refractivity contribution < 1.29 is 8.78 Å². The average Bonchev–Trinajstić information content (AvgIpc) is 2.52. The monoisotopic (exact) mass is 289 g/mol. The van der Waals surface area contributed by atoms with E-state index in [0.717, 1.165) is 31.4 Å². The predicted molar refractivity (Wildman–Crippen MR) is 78.1 cm³/mol. The highest BCUT2D eigenvalue weighted by molar-refractivity contribution is 5.48. The van der Waals surface area contributed by atoms with Crippen molar-refractivity contribution in [2.75, 3.05) is 31.1 Å². The van der Waals surface area contributed by atoms with E-state index in [2.05, 4.69) is 9.88 Å². The summed E-state index contributed by atoms with van der Waals surface area (Å²) >= 11 is 0. The Labute approximate surface area is 122 Å². The van der Waals surface area contributed by atoms with Gasteiger partial charge in [0.1, 0.15) is 0 Å². The van der Waals surface area contributed by atoms with Crippen LogP contribution in [-0.2, 0) is 6.54 Å². The summed E-state index contributed by atoms with van der Waals surface area (Å²) in [6, 6.07) is 10.2. The van der Waals surface area contributed by atoms with E-state index in [-0.39, 0.29) is 0 Å². The van der Waals surface area contributed by atoms with Crippen molar-refractivity contribution in [1.82, 2.24) is 9.88 Å². The topological polar surface area (TPSA) is 19.4 Å². The highest BCUT2D eigenvalue weighted by Crippen LogP contribution is 2.22. The van der Waals surface area contributed by atoms with E-state index in [4.69, 9.17) is 0 Å². The molecule has 1 aliphatic heterocycles. The summed E-state index contributed by atoms with van der Waals surface area (Å²) in [7, 11) is 0. The second kappa shape index (κ2) is 6.18. The maximum Gasteiger partial charge on any atom is 0.182 e. The van der Waals surface area contributed by atoms with Crippen molar-refractivity contribution in [3.05, 3.63) is 59.9 Å². The number of piperazine rings is 1. The van der Waals surface area contributed by atoms with Gasteiger partial charge in [-0.05, 0) is 24.3 Å². The third-order valence-corrected chi connectivity index (χ3v) is 3.76. The normalized spacial score (nSPS) is 16.2. The molecule has 1 aromatic heterocycles. The number of pyridine rings is 1. The lowest BCUT2D eigenvalue weighted by molar-refractivity contribution is 0.246. The third kappa shape index (κ3) is 3.19. The van der Waals surface area contributed by atoms with Gasteiger partial charge in [-0.15, -0.1) is 0 Å². The molecule has 1 aliphatic rings. The van der Waals surface area contributed by atoms with Gasteiger partial charge < -0.3 is 4.90 Å². The molecule has 0 N–H and O–H groups in total. The Kier molecular flexibility index (Phi) is 4.10. The number of anilines is 1. The van der Waals surface area contributed by atoms with Crippen LogP contribution in [0.5, 0.6) is 0 Å². The van der Waals surface area contributed by atoms with E-state index in [1.54, 1.807) is 18.3 Å². The molecule has 5 heteroatoms. The standard InChI is InChI=1S/C16H17F2N3/c17-14-5-3-6-15(16(14)18)21-10-8-20(9-11-21)12-13-4-1-2-7-19-13/h1-7H,8-12H2. The largest absolute Gasteiger partial charge is 0.367 e. The molecule has 21 heavy (non-hydrogen) atoms. The zero-order chi connectivity index (χ0) is 14.7. The highest BCUT2D eigenvalue weighted by Gasteiger charge is 2.20. The first kappa shape index (κ1) is 13.9. The zero-order valence-corrected chi connectivity index (χ0v) is 11.7. The Balaban J connectivity index is 1.61. The van der Waals surface area contributed by atoms with E-state index >= 15 is 0 Å². The summed E-state index contributed by atoms with van der Waals surface area (Å²) in [4.78, 5) is 8.48. The van der Waals surface area contributed by atoms with Crippen molar-refractivity contribution in [1.29, 1.82) is 0 Å². The number of halogens is 2. The molecule has 0 radical (unpaired) electrons. The van der Waals surface area contributed by atoms with Gasteiger partial charge in [0, 0.05) is 38.9 Å². The number of benzene rings is 1. The quantitative estimate of drug-likeness (QED) is 0.866. The van der Waals surface area contributed by atoms with Gasteiger partial charge >= 0.3 is 0 Å². The summed E-state index contributed by atoms with van der Waals surface area (Å²) in [5.41, 5.74) is 1.38. The minimum Gasteiger partial charge on any atom is -0.367 e. The molecule has 2 heterocycles. The molecule has 0 bridgehead atoms. The number of hydrogen-bond donors (Lipinski definition) is 0. The summed E-state index contributed by atoms with van der Waals surface area (Å²) in [6.07, 6.45) is 1.79. The predicted octanol–water partition coefficient (Wildman–Crippen LogP) is 2.68. The smallest absolute Gasteiger partial charge is 0.182 e. The number of rotatable bonds is 3. The van der Waals surface area contributed by atoms with Crippen molar-refractivity contribution in [2.24, 2.45) is 0 Å². The van der Waals surface area contributed by atoms with Crippen molar-refractivity contribution in [2.45, 2.75) is 6.54 Å². The Morgan fingerprint density at radius 3 is 2.48 bits per heavy atom. The molecule has 1 fully saturated rings. The molecule has 0 unspecified atom stereocenters. The molecule has 0 aliphatic carbocycles. The van der Waals surface area contributed by atoms with E-state index in [0.29, 0.717) is 18.8 Å². The number of aromatic nitrogens is 1. The van der Waals surface area contributed by atoms with Crippen LogP contribution in [0.15, 0.2) is 42.6 Å². The van der Waals surface area contributed by atoms with E-state index in [9.17, 15) is 8.78 Å². The van der Waals surface area contributed by atoms with Gasteiger partial charge in [0.05, 0.1) is 11.4 Å². The van der Waals surface area contributed by atoms with Crippen LogP contribution in [0.25, 0.3) is 0 Å². The van der Waals surface area contributed by atoms with E-state index in [1.165, 1.54) is 0 Å². The Morgan fingerprint density at radius 1 is 0.952 bits per heavy atom. The van der Waals surface area contributed by atoms with Crippen LogP contribution in [0, 0.1) is 11.6 Å². The summed E-state index contributed by atoms with van der Waals surface area (Å²) in [6.45, 7) is 3.79. The molecule has 1 saturated heterocycles. The molecule has 0 amide bonds.